The average Bonchev–Trinajstić information content (AvgIpc) is 2.13. The molecule has 0 atom stereocenters. The molecule has 0 unspecified atom stereocenters. The largest absolute Gasteiger partial charge is 0.303 e. The normalized spacial score (nSPS) is 6.08. The van der Waals surface area contributed by atoms with Crippen molar-refractivity contribution >= 4 is 6.29 Å². The van der Waals surface area contributed by atoms with E-state index >= 15 is 0 Å². The van der Waals surface area contributed by atoms with E-state index in [9.17, 15) is 4.79 Å². The van der Waals surface area contributed by atoms with Crippen LogP contribution in [-0.2, 0) is 4.79 Å². The van der Waals surface area contributed by atoms with Crippen molar-refractivity contribution in [3.8, 4) is 0 Å². The Hall–Kier alpha value is -0.330. The molecule has 0 aliphatic carbocycles. The van der Waals surface area contributed by atoms with Gasteiger partial charge in [0.1, 0.15) is 6.29 Å². The predicted molar refractivity (Wildman–Crippen MR) is 59.6 cm³/mol. The molecule has 0 aliphatic rings. The maximum atomic E-state index is 9.50. The van der Waals surface area contributed by atoms with E-state index in [1.807, 2.05) is 41.5 Å². The van der Waals surface area contributed by atoms with Gasteiger partial charge in [-0.25, -0.2) is 0 Å². The van der Waals surface area contributed by atoms with Gasteiger partial charge in [0.25, 0.3) is 0 Å². The van der Waals surface area contributed by atoms with Crippen LogP contribution in [0.2, 0.25) is 0 Å². The molecule has 0 fully saturated rings. The molecule has 0 rings (SSSR count). The third-order valence-corrected chi connectivity index (χ3v) is 0.272. The summed E-state index contributed by atoms with van der Waals surface area (Å²) < 4.78 is 0. The van der Waals surface area contributed by atoms with Crippen molar-refractivity contribution in [3.05, 3.63) is 0 Å². The molecular weight excluding hydrogens is 148 g/mol. The molecule has 0 heterocycles. The second-order valence-corrected chi connectivity index (χ2v) is 2.09. The Bertz CT molecular complexity index is 40.3. The van der Waals surface area contributed by atoms with Crippen molar-refractivity contribution < 1.29 is 4.79 Å². The molecule has 0 radical (unpaired) electrons. The molecule has 0 aliphatic heterocycles. The summed E-state index contributed by atoms with van der Waals surface area (Å²) in [5, 5.41) is 0. The highest BCUT2D eigenvalue weighted by molar-refractivity contribution is 5.51. The average molecular weight is 176 g/mol. The Labute approximate surface area is 79.6 Å². The third-order valence-electron chi connectivity index (χ3n) is 0.272. The fourth-order valence-corrected chi connectivity index (χ4v) is 0. The lowest BCUT2D eigenvalue weighted by Crippen LogP contribution is -1.82. The van der Waals surface area contributed by atoms with E-state index in [0.29, 0.717) is 0 Å². The molecular formula is C11H28O. The highest BCUT2D eigenvalue weighted by Gasteiger charge is 1.79. The van der Waals surface area contributed by atoms with Crippen molar-refractivity contribution in [1.82, 2.24) is 0 Å². The van der Waals surface area contributed by atoms with Crippen LogP contribution in [0.5, 0.6) is 0 Å². The molecule has 0 aromatic heterocycles. The Balaban J connectivity index is -0.0000000397. The Morgan fingerprint density at radius 2 is 1.08 bits per heavy atom. The molecule has 0 N–H and O–H groups in total. The molecule has 1 nitrogen and oxygen atoms in total. The Kier molecular flexibility index (Phi) is 86.1. The van der Waals surface area contributed by atoms with Crippen molar-refractivity contribution in [3.63, 3.8) is 0 Å². The molecule has 0 aromatic carbocycles. The number of carbonyl (C=O) groups excluding carboxylic acids is 1. The van der Waals surface area contributed by atoms with Gasteiger partial charge in [-0.15, -0.1) is 0 Å². The number of hydrogen-bond acceptors (Lipinski definition) is 1. The van der Waals surface area contributed by atoms with E-state index in [1.54, 1.807) is 0 Å². The fraction of sp³-hybridized carbons (Fsp3) is 0.909. The Morgan fingerprint density at radius 3 is 1.08 bits per heavy atom. The summed E-state index contributed by atoms with van der Waals surface area (Å²) in [5.74, 6) is 0.204. The zero-order chi connectivity index (χ0) is 11.0. The van der Waals surface area contributed by atoms with Gasteiger partial charge >= 0.3 is 0 Å². The van der Waals surface area contributed by atoms with Crippen LogP contribution in [0.3, 0.4) is 0 Å². The van der Waals surface area contributed by atoms with Crippen LogP contribution in [-0.4, -0.2) is 6.29 Å². The first-order valence-electron chi connectivity index (χ1n) is 5.14. The Morgan fingerprint density at radius 1 is 1.00 bits per heavy atom. The minimum Gasteiger partial charge on any atom is -0.303 e. The lowest BCUT2D eigenvalue weighted by atomic mass is 10.3. The van der Waals surface area contributed by atoms with Gasteiger partial charge in [-0.05, 0) is 0 Å². The first-order valence-corrected chi connectivity index (χ1v) is 5.14. The molecule has 1 heteroatoms. The van der Waals surface area contributed by atoms with Gasteiger partial charge < -0.3 is 4.79 Å². The number of carbonyl (C=O) groups is 1. The van der Waals surface area contributed by atoms with Gasteiger partial charge in [0.15, 0.2) is 0 Å². The SMILES string of the molecule is CC.CC.CC(C)C=O.CCC. The lowest BCUT2D eigenvalue weighted by molar-refractivity contribution is -0.110. The summed E-state index contributed by atoms with van der Waals surface area (Å²) in [6, 6.07) is 0. The first kappa shape index (κ1) is 22.6. The van der Waals surface area contributed by atoms with Crippen LogP contribution in [0.15, 0.2) is 0 Å². The smallest absolute Gasteiger partial charge is 0.122 e. The summed E-state index contributed by atoms with van der Waals surface area (Å²) in [5.41, 5.74) is 0. The molecule has 0 amide bonds. The maximum Gasteiger partial charge on any atom is 0.122 e. The van der Waals surface area contributed by atoms with Crippen LogP contribution in [0.1, 0.15) is 61.8 Å². The molecule has 0 aromatic rings. The monoisotopic (exact) mass is 176 g/mol. The van der Waals surface area contributed by atoms with Gasteiger partial charge in [-0.3, -0.25) is 0 Å². The van der Waals surface area contributed by atoms with E-state index in [-0.39, 0.29) is 5.92 Å². The van der Waals surface area contributed by atoms with Gasteiger partial charge in [-0.2, -0.15) is 0 Å². The van der Waals surface area contributed by atoms with Crippen molar-refractivity contribution in [1.29, 1.82) is 0 Å². The van der Waals surface area contributed by atoms with Crippen LogP contribution >= 0.6 is 0 Å². The van der Waals surface area contributed by atoms with E-state index < -0.39 is 0 Å². The van der Waals surface area contributed by atoms with Gasteiger partial charge in [0.05, 0.1) is 0 Å². The quantitative estimate of drug-likeness (QED) is 0.544. The van der Waals surface area contributed by atoms with Gasteiger partial charge in [-0.1, -0.05) is 61.8 Å². The van der Waals surface area contributed by atoms with E-state index in [4.69, 9.17) is 0 Å². The summed E-state index contributed by atoms with van der Waals surface area (Å²) in [6.45, 7) is 16.0. The molecule has 0 spiro atoms. The number of aldehydes is 1. The predicted octanol–water partition coefficient (Wildman–Crippen LogP) is 4.31. The minimum atomic E-state index is 0.204. The fourth-order valence-electron chi connectivity index (χ4n) is 0. The standard InChI is InChI=1S/C4H8O.C3H8.2C2H6/c1-4(2)3-5;1-3-2;2*1-2/h3-4H,1-2H3;3H2,1-2H3;2*1-2H3. The van der Waals surface area contributed by atoms with Crippen molar-refractivity contribution in [2.45, 2.75) is 61.8 Å². The zero-order valence-electron chi connectivity index (χ0n) is 10.3. The maximum absolute atomic E-state index is 9.50. The van der Waals surface area contributed by atoms with Gasteiger partial charge in [0.2, 0.25) is 0 Å². The minimum absolute atomic E-state index is 0.204. The third kappa shape index (κ3) is 261. The topological polar surface area (TPSA) is 17.1 Å². The highest BCUT2D eigenvalue weighted by Crippen LogP contribution is 1.78. The summed E-state index contributed by atoms with van der Waals surface area (Å²) >= 11 is 0. The van der Waals surface area contributed by atoms with E-state index in [0.717, 1.165) is 6.29 Å². The van der Waals surface area contributed by atoms with Crippen LogP contribution < -0.4 is 0 Å². The molecule has 0 saturated carbocycles. The highest BCUT2D eigenvalue weighted by atomic mass is 16.1. The van der Waals surface area contributed by atoms with Gasteiger partial charge in [0, 0.05) is 5.92 Å². The summed E-state index contributed by atoms with van der Waals surface area (Å²) in [4.78, 5) is 9.50. The second-order valence-electron chi connectivity index (χ2n) is 2.09. The van der Waals surface area contributed by atoms with Crippen LogP contribution in [0.25, 0.3) is 0 Å². The number of hydrogen-bond donors (Lipinski definition) is 0. The number of rotatable bonds is 1. The lowest BCUT2D eigenvalue weighted by Gasteiger charge is -1.78. The van der Waals surface area contributed by atoms with Crippen LogP contribution in [0.4, 0.5) is 0 Å². The molecule has 12 heavy (non-hydrogen) atoms. The summed E-state index contributed by atoms with van der Waals surface area (Å²) in [7, 11) is 0. The molecule has 0 bridgehead atoms. The zero-order valence-corrected chi connectivity index (χ0v) is 10.3. The summed E-state index contributed by atoms with van der Waals surface area (Å²) in [6.07, 6.45) is 2.17. The van der Waals surface area contributed by atoms with E-state index in [1.165, 1.54) is 6.42 Å². The van der Waals surface area contributed by atoms with E-state index in [2.05, 4.69) is 13.8 Å². The van der Waals surface area contributed by atoms with Crippen molar-refractivity contribution in [2.24, 2.45) is 5.92 Å². The molecule has 78 valence electrons. The first-order chi connectivity index (χ1) is 5.68. The molecule has 0 saturated heterocycles. The van der Waals surface area contributed by atoms with Crippen molar-refractivity contribution in [2.75, 3.05) is 0 Å². The van der Waals surface area contributed by atoms with Crippen LogP contribution in [0, 0.1) is 5.92 Å². The second kappa shape index (κ2) is 45.7.